The molecule has 0 spiro atoms. The van der Waals surface area contributed by atoms with Gasteiger partial charge in [0.15, 0.2) is 0 Å². The third-order valence-electron chi connectivity index (χ3n) is 2.60. The van der Waals surface area contributed by atoms with Crippen molar-refractivity contribution >= 4 is 11.9 Å². The van der Waals surface area contributed by atoms with E-state index in [-0.39, 0.29) is 15.8 Å². The maximum atomic E-state index is 10.7. The van der Waals surface area contributed by atoms with E-state index in [9.17, 15) is 9.59 Å². The summed E-state index contributed by atoms with van der Waals surface area (Å²) in [5.41, 5.74) is 2.13. The van der Waals surface area contributed by atoms with Gasteiger partial charge in [-0.1, -0.05) is 24.3 Å². The van der Waals surface area contributed by atoms with Crippen LogP contribution in [0.5, 0.6) is 0 Å². The van der Waals surface area contributed by atoms with Crippen LogP contribution in [-0.4, -0.2) is 22.2 Å². The summed E-state index contributed by atoms with van der Waals surface area (Å²) in [5, 5.41) is 17.6. The highest BCUT2D eigenvalue weighted by molar-refractivity contribution is 5.89. The smallest absolute Gasteiger partial charge is 0.335 e. The number of carbonyl (C=O) groups is 2. The zero-order chi connectivity index (χ0) is 13.1. The molecule has 2 N–H and O–H groups in total. The van der Waals surface area contributed by atoms with Crippen molar-refractivity contribution in [3.8, 4) is 11.1 Å². The lowest BCUT2D eigenvalue weighted by molar-refractivity contribution is 0.0686. The van der Waals surface area contributed by atoms with Crippen LogP contribution in [0, 0.1) is 0 Å². The first kappa shape index (κ1) is 14.4. The van der Waals surface area contributed by atoms with Gasteiger partial charge in [0.05, 0.1) is 11.1 Å². The molecule has 0 saturated carbocycles. The van der Waals surface area contributed by atoms with Gasteiger partial charge in [-0.15, -0.1) is 0 Å². The zero-order valence-corrected chi connectivity index (χ0v) is 9.74. The molecule has 0 aliphatic carbocycles. The Hall–Kier alpha value is -2.69. The van der Waals surface area contributed by atoms with Crippen LogP contribution >= 0.6 is 0 Å². The first-order chi connectivity index (χ1) is 8.58. The summed E-state index contributed by atoms with van der Waals surface area (Å²) in [6.07, 6.45) is 0. The van der Waals surface area contributed by atoms with Gasteiger partial charge in [0.2, 0.25) is 0 Å². The lowest BCUT2D eigenvalue weighted by Gasteiger charge is -2.03. The van der Waals surface area contributed by atoms with Gasteiger partial charge in [0.1, 0.15) is 0 Å². The lowest BCUT2D eigenvalue weighted by Crippen LogP contribution is -1.96. The van der Waals surface area contributed by atoms with E-state index in [4.69, 9.17) is 10.2 Å². The van der Waals surface area contributed by atoms with Crippen LogP contribution < -0.4 is 0 Å². The molecule has 0 radical (unpaired) electrons. The van der Waals surface area contributed by atoms with E-state index >= 15 is 0 Å². The molecule has 0 aliphatic heterocycles. The van der Waals surface area contributed by atoms with Crippen molar-refractivity contribution in [3.63, 3.8) is 0 Å². The van der Waals surface area contributed by atoms with E-state index in [0.717, 1.165) is 11.1 Å². The molecule has 0 unspecified atom stereocenters. The van der Waals surface area contributed by atoms with Crippen molar-refractivity contribution in [2.24, 2.45) is 0 Å². The first-order valence-corrected chi connectivity index (χ1v) is 5.25. The van der Waals surface area contributed by atoms with E-state index in [1.54, 1.807) is 24.3 Å². The van der Waals surface area contributed by atoms with Crippen molar-refractivity contribution in [2.45, 2.75) is 0 Å². The second-order valence-electron chi connectivity index (χ2n) is 3.77. The summed E-state index contributed by atoms with van der Waals surface area (Å²) in [7, 11) is 0. The zero-order valence-electron chi connectivity index (χ0n) is 9.74. The summed E-state index contributed by atoms with van der Waals surface area (Å²) in [6.45, 7) is 0. The quantitative estimate of drug-likeness (QED) is 0.891. The Morgan fingerprint density at radius 2 is 0.895 bits per heavy atom. The fourth-order valence-electron chi connectivity index (χ4n) is 1.61. The SMILES string of the molecule is F.O=C(O)c1ccc(-c2ccc(C(=O)O)cc2)cc1. The van der Waals surface area contributed by atoms with Crippen LogP contribution in [0.4, 0.5) is 4.70 Å². The highest BCUT2D eigenvalue weighted by Gasteiger charge is 2.05. The number of carboxylic acids is 2. The molecular weight excluding hydrogens is 251 g/mol. The van der Waals surface area contributed by atoms with Crippen molar-refractivity contribution in [1.29, 1.82) is 0 Å². The predicted molar refractivity (Wildman–Crippen MR) is 68.3 cm³/mol. The van der Waals surface area contributed by atoms with Gasteiger partial charge in [-0.2, -0.15) is 0 Å². The molecule has 0 saturated heterocycles. The third-order valence-corrected chi connectivity index (χ3v) is 2.60. The molecule has 19 heavy (non-hydrogen) atoms. The molecule has 0 aliphatic rings. The summed E-state index contributed by atoms with van der Waals surface area (Å²) in [6, 6.07) is 12.8. The normalized spacial score (nSPS) is 9.47. The standard InChI is InChI=1S/C14H10O4.FH/c15-13(16)11-5-1-9(2-6-11)10-3-7-12(8-4-10)14(17)18;/h1-8H,(H,15,16)(H,17,18);1H. The van der Waals surface area contributed by atoms with Crippen LogP contribution in [0.3, 0.4) is 0 Å². The molecule has 4 nitrogen and oxygen atoms in total. The average molecular weight is 262 g/mol. The Kier molecular flexibility index (Phi) is 4.36. The summed E-state index contributed by atoms with van der Waals surface area (Å²) < 4.78 is 0. The highest BCUT2D eigenvalue weighted by atomic mass is 19.0. The minimum atomic E-state index is -0.970. The Balaban J connectivity index is 0.00000180. The molecule has 2 aromatic rings. The van der Waals surface area contributed by atoms with E-state index < -0.39 is 11.9 Å². The van der Waals surface area contributed by atoms with Gasteiger partial charge in [-0.25, -0.2) is 9.59 Å². The van der Waals surface area contributed by atoms with E-state index in [2.05, 4.69) is 0 Å². The monoisotopic (exact) mass is 262 g/mol. The molecule has 98 valence electrons. The van der Waals surface area contributed by atoms with Crippen molar-refractivity contribution < 1.29 is 24.5 Å². The molecule has 0 bridgehead atoms. The minimum absolute atomic E-state index is 0. The molecular formula is C14H11FO4. The molecule has 0 aromatic heterocycles. The topological polar surface area (TPSA) is 74.6 Å². The van der Waals surface area contributed by atoms with E-state index in [1.807, 2.05) is 0 Å². The number of aromatic carboxylic acids is 2. The molecule has 5 heteroatoms. The van der Waals surface area contributed by atoms with Gasteiger partial charge in [0.25, 0.3) is 0 Å². The van der Waals surface area contributed by atoms with Gasteiger partial charge in [-0.3, -0.25) is 4.70 Å². The first-order valence-electron chi connectivity index (χ1n) is 5.25. The van der Waals surface area contributed by atoms with E-state index in [1.165, 1.54) is 24.3 Å². The predicted octanol–water partition coefficient (Wildman–Crippen LogP) is 2.90. The van der Waals surface area contributed by atoms with E-state index in [0.29, 0.717) is 0 Å². The largest absolute Gasteiger partial charge is 0.478 e. The van der Waals surface area contributed by atoms with Gasteiger partial charge >= 0.3 is 11.9 Å². The fraction of sp³-hybridized carbons (Fsp3) is 0. The summed E-state index contributed by atoms with van der Waals surface area (Å²) >= 11 is 0. The van der Waals surface area contributed by atoms with Crippen molar-refractivity contribution in [1.82, 2.24) is 0 Å². The molecule has 0 atom stereocenters. The minimum Gasteiger partial charge on any atom is -0.478 e. The summed E-state index contributed by atoms with van der Waals surface area (Å²) in [4.78, 5) is 21.4. The van der Waals surface area contributed by atoms with Gasteiger partial charge < -0.3 is 10.2 Å². The Morgan fingerprint density at radius 3 is 1.11 bits per heavy atom. The second kappa shape index (κ2) is 5.77. The van der Waals surface area contributed by atoms with Crippen LogP contribution in [0.2, 0.25) is 0 Å². The number of rotatable bonds is 3. The number of benzene rings is 2. The number of carboxylic acid groups (broad SMARTS) is 2. The van der Waals surface area contributed by atoms with Gasteiger partial charge in [-0.05, 0) is 35.4 Å². The third kappa shape index (κ3) is 3.16. The second-order valence-corrected chi connectivity index (χ2v) is 3.77. The van der Waals surface area contributed by atoms with Crippen LogP contribution in [0.15, 0.2) is 48.5 Å². The molecule has 2 aromatic carbocycles. The van der Waals surface area contributed by atoms with Gasteiger partial charge in [0, 0.05) is 0 Å². The number of halogens is 1. The lowest BCUT2D eigenvalue weighted by atomic mass is 10.0. The Bertz CT molecular complexity index is 532. The Morgan fingerprint density at radius 1 is 0.632 bits per heavy atom. The average Bonchev–Trinajstić information content (AvgIpc) is 2.39. The number of hydrogen-bond donors (Lipinski definition) is 2. The maximum absolute atomic E-state index is 10.7. The van der Waals surface area contributed by atoms with Crippen molar-refractivity contribution in [3.05, 3.63) is 59.7 Å². The van der Waals surface area contributed by atoms with Crippen molar-refractivity contribution in [2.75, 3.05) is 0 Å². The number of hydrogen-bond acceptors (Lipinski definition) is 2. The molecule has 2 rings (SSSR count). The van der Waals surface area contributed by atoms with Crippen LogP contribution in [-0.2, 0) is 0 Å². The maximum Gasteiger partial charge on any atom is 0.335 e. The fourth-order valence-corrected chi connectivity index (χ4v) is 1.61. The Labute approximate surface area is 108 Å². The van der Waals surface area contributed by atoms with Crippen LogP contribution in [0.1, 0.15) is 20.7 Å². The molecule has 0 amide bonds. The summed E-state index contributed by atoms with van der Waals surface area (Å²) in [5.74, 6) is -1.94. The highest BCUT2D eigenvalue weighted by Crippen LogP contribution is 2.20. The molecule has 0 heterocycles. The molecule has 0 fully saturated rings. The van der Waals surface area contributed by atoms with Crippen LogP contribution in [0.25, 0.3) is 11.1 Å².